The van der Waals surface area contributed by atoms with Gasteiger partial charge >= 0.3 is 5.63 Å². The van der Waals surface area contributed by atoms with Crippen LogP contribution >= 0.6 is 15.9 Å². The van der Waals surface area contributed by atoms with Crippen LogP contribution in [0, 0.1) is 6.92 Å². The molecule has 0 bridgehead atoms. The van der Waals surface area contributed by atoms with Crippen LogP contribution in [0.1, 0.15) is 5.69 Å². The molecule has 0 saturated heterocycles. The summed E-state index contributed by atoms with van der Waals surface area (Å²) in [6.45, 7) is 1.90. The van der Waals surface area contributed by atoms with Crippen molar-refractivity contribution in [2.75, 3.05) is 0 Å². The van der Waals surface area contributed by atoms with E-state index >= 15 is 0 Å². The van der Waals surface area contributed by atoms with E-state index in [9.17, 15) is 4.79 Å². The van der Waals surface area contributed by atoms with Crippen LogP contribution in [0.25, 0.3) is 27.9 Å². The van der Waals surface area contributed by atoms with Crippen molar-refractivity contribution in [3.63, 3.8) is 0 Å². The molecule has 22 heavy (non-hydrogen) atoms. The van der Waals surface area contributed by atoms with Gasteiger partial charge in [-0.1, -0.05) is 18.2 Å². The van der Waals surface area contributed by atoms with E-state index in [0.717, 1.165) is 11.1 Å². The zero-order chi connectivity index (χ0) is 15.3. The van der Waals surface area contributed by atoms with E-state index in [1.54, 1.807) is 18.3 Å². The smallest absolute Gasteiger partial charge is 0.345 e. The summed E-state index contributed by atoms with van der Waals surface area (Å²) in [5, 5.41) is 0.857. The van der Waals surface area contributed by atoms with Crippen molar-refractivity contribution >= 4 is 32.5 Å². The normalized spacial score (nSPS) is 11.4. The third kappa shape index (κ3) is 1.95. The predicted molar refractivity (Wildman–Crippen MR) is 86.9 cm³/mol. The molecule has 0 aliphatic heterocycles. The van der Waals surface area contributed by atoms with Gasteiger partial charge in [0, 0.05) is 11.6 Å². The third-order valence-electron chi connectivity index (χ3n) is 3.48. The van der Waals surface area contributed by atoms with Crippen LogP contribution in [-0.2, 0) is 0 Å². The van der Waals surface area contributed by atoms with Gasteiger partial charge in [-0.2, -0.15) is 0 Å². The number of fused-ring (bicyclic) bond motifs is 2. The maximum Gasteiger partial charge on any atom is 0.345 e. The lowest BCUT2D eigenvalue weighted by Gasteiger charge is -2.00. The van der Waals surface area contributed by atoms with Gasteiger partial charge in [0.1, 0.15) is 15.9 Å². The number of imidazole rings is 1. The second-order valence-corrected chi connectivity index (χ2v) is 5.74. The van der Waals surface area contributed by atoms with Crippen molar-refractivity contribution in [2.24, 2.45) is 0 Å². The highest BCUT2D eigenvalue weighted by atomic mass is 79.9. The molecule has 108 valence electrons. The Labute approximate surface area is 133 Å². The number of rotatable bonds is 1. The first-order valence-electron chi connectivity index (χ1n) is 6.67. The summed E-state index contributed by atoms with van der Waals surface area (Å²) in [7, 11) is 0. The molecular formula is C16H10BrN3O2. The van der Waals surface area contributed by atoms with E-state index in [-0.39, 0.29) is 0 Å². The molecule has 4 rings (SSSR count). The van der Waals surface area contributed by atoms with Gasteiger partial charge in [0.15, 0.2) is 5.65 Å². The van der Waals surface area contributed by atoms with Crippen molar-refractivity contribution in [2.45, 2.75) is 6.92 Å². The highest BCUT2D eigenvalue weighted by Crippen LogP contribution is 2.28. The van der Waals surface area contributed by atoms with Gasteiger partial charge in [0.2, 0.25) is 0 Å². The summed E-state index contributed by atoms with van der Waals surface area (Å²) in [6.07, 6.45) is 3.53. The molecule has 5 nitrogen and oxygen atoms in total. The molecule has 0 atom stereocenters. The number of hydrogen-bond acceptors (Lipinski definition) is 4. The zero-order valence-electron chi connectivity index (χ0n) is 11.6. The Kier molecular flexibility index (Phi) is 2.87. The summed E-state index contributed by atoms with van der Waals surface area (Å²) >= 11 is 3.51. The first kappa shape index (κ1) is 13.2. The molecule has 0 amide bonds. The molecule has 3 aromatic heterocycles. The molecular weight excluding hydrogens is 346 g/mol. The second-order valence-electron chi connectivity index (χ2n) is 4.99. The Bertz CT molecular complexity index is 1080. The molecule has 0 spiro atoms. The van der Waals surface area contributed by atoms with E-state index < -0.39 is 5.63 Å². The van der Waals surface area contributed by atoms with E-state index in [1.807, 2.05) is 35.7 Å². The number of benzene rings is 1. The van der Waals surface area contributed by atoms with Gasteiger partial charge < -0.3 is 4.42 Å². The Morgan fingerprint density at radius 2 is 2.09 bits per heavy atom. The summed E-state index contributed by atoms with van der Waals surface area (Å²) in [5.74, 6) is 0. The van der Waals surface area contributed by atoms with E-state index in [0.29, 0.717) is 27.1 Å². The van der Waals surface area contributed by atoms with E-state index in [1.165, 1.54) is 0 Å². The van der Waals surface area contributed by atoms with Crippen molar-refractivity contribution in [3.8, 4) is 11.3 Å². The maximum absolute atomic E-state index is 12.3. The monoisotopic (exact) mass is 355 g/mol. The number of aromatic nitrogens is 3. The molecule has 0 aliphatic carbocycles. The van der Waals surface area contributed by atoms with Crippen LogP contribution in [0.15, 0.2) is 56.5 Å². The van der Waals surface area contributed by atoms with Gasteiger partial charge in [-0.3, -0.25) is 9.38 Å². The fourth-order valence-electron chi connectivity index (χ4n) is 2.42. The molecule has 6 heteroatoms. The largest absolute Gasteiger partial charge is 0.422 e. The van der Waals surface area contributed by atoms with Gasteiger partial charge in [-0.05, 0) is 35.0 Å². The highest BCUT2D eigenvalue weighted by molar-refractivity contribution is 9.10. The summed E-state index contributed by atoms with van der Waals surface area (Å²) in [6, 6.07) is 9.20. The molecule has 4 aromatic rings. The molecule has 0 aliphatic rings. The Morgan fingerprint density at radius 1 is 1.27 bits per heavy atom. The predicted octanol–water partition coefficient (Wildman–Crippen LogP) is 3.57. The molecule has 0 fully saturated rings. The lowest BCUT2D eigenvalue weighted by molar-refractivity contribution is 0.563. The fourth-order valence-corrected chi connectivity index (χ4v) is 3.01. The van der Waals surface area contributed by atoms with Crippen LogP contribution in [0.4, 0.5) is 0 Å². The van der Waals surface area contributed by atoms with Gasteiger partial charge in [0.05, 0.1) is 17.5 Å². The van der Waals surface area contributed by atoms with Crippen LogP contribution < -0.4 is 5.63 Å². The van der Waals surface area contributed by atoms with Crippen LogP contribution in [0.2, 0.25) is 0 Å². The second kappa shape index (κ2) is 4.78. The van der Waals surface area contributed by atoms with Crippen molar-refractivity contribution < 1.29 is 4.42 Å². The Morgan fingerprint density at radius 3 is 2.95 bits per heavy atom. The zero-order valence-corrected chi connectivity index (χ0v) is 13.2. The minimum atomic E-state index is -0.410. The number of para-hydroxylation sites is 1. The van der Waals surface area contributed by atoms with E-state index in [4.69, 9.17) is 4.42 Å². The first-order chi connectivity index (χ1) is 10.6. The quantitative estimate of drug-likeness (QED) is 0.489. The van der Waals surface area contributed by atoms with Gasteiger partial charge in [-0.25, -0.2) is 9.78 Å². The lowest BCUT2D eigenvalue weighted by Crippen LogP contribution is -2.03. The molecule has 1 aromatic carbocycles. The standard InChI is InChI=1S/C16H10BrN3O2/c1-9-8-20-13(7-18-9)19-14(15(20)17)11-6-10-4-2-3-5-12(10)22-16(11)21/h2-8H,1H3. The minimum Gasteiger partial charge on any atom is -0.422 e. The summed E-state index contributed by atoms with van der Waals surface area (Å²) < 4.78 is 7.94. The highest BCUT2D eigenvalue weighted by Gasteiger charge is 2.17. The first-order valence-corrected chi connectivity index (χ1v) is 7.46. The fraction of sp³-hybridized carbons (Fsp3) is 0.0625. The molecule has 0 N–H and O–H groups in total. The van der Waals surface area contributed by atoms with Gasteiger partial charge in [-0.15, -0.1) is 0 Å². The number of aryl methyl sites for hydroxylation is 1. The van der Waals surface area contributed by atoms with Crippen molar-refractivity contribution in [1.82, 2.24) is 14.4 Å². The molecule has 0 radical (unpaired) electrons. The van der Waals surface area contributed by atoms with Crippen molar-refractivity contribution in [1.29, 1.82) is 0 Å². The van der Waals surface area contributed by atoms with Crippen LogP contribution in [0.3, 0.4) is 0 Å². The van der Waals surface area contributed by atoms with E-state index in [2.05, 4.69) is 25.9 Å². The average molecular weight is 356 g/mol. The maximum atomic E-state index is 12.3. The average Bonchev–Trinajstić information content (AvgIpc) is 2.83. The SMILES string of the molecule is Cc1cn2c(Br)c(-c3cc4ccccc4oc3=O)nc2cn1. The molecule has 0 unspecified atom stereocenters. The Balaban J connectivity index is 2.04. The van der Waals surface area contributed by atoms with Crippen LogP contribution in [0.5, 0.6) is 0 Å². The number of hydrogen-bond donors (Lipinski definition) is 0. The lowest BCUT2D eigenvalue weighted by atomic mass is 10.1. The molecule has 3 heterocycles. The number of nitrogens with zero attached hydrogens (tertiary/aromatic N) is 3. The van der Waals surface area contributed by atoms with Crippen molar-refractivity contribution in [3.05, 3.63) is 63.4 Å². The summed E-state index contributed by atoms with van der Waals surface area (Å²) in [4.78, 5) is 21.0. The molecule has 0 saturated carbocycles. The summed E-state index contributed by atoms with van der Waals surface area (Å²) in [5.41, 5.74) is 2.66. The number of halogens is 1. The minimum absolute atomic E-state index is 0.410. The van der Waals surface area contributed by atoms with Crippen LogP contribution in [-0.4, -0.2) is 14.4 Å². The van der Waals surface area contributed by atoms with Gasteiger partial charge in [0.25, 0.3) is 0 Å². The Hall–Kier alpha value is -2.47. The third-order valence-corrected chi connectivity index (χ3v) is 4.23. The topological polar surface area (TPSA) is 60.4 Å².